The number of nitrogens with one attached hydrogen (secondary N) is 1. The number of hydrogen-bond donors (Lipinski definition) is 1. The molecule has 0 unspecified atom stereocenters. The van der Waals surface area contributed by atoms with Gasteiger partial charge in [-0.1, -0.05) is 47.7 Å². The summed E-state index contributed by atoms with van der Waals surface area (Å²) in [6.45, 7) is 3.26. The second-order valence-electron chi connectivity index (χ2n) is 8.20. The van der Waals surface area contributed by atoms with Crippen LogP contribution >= 0.6 is 11.3 Å². The molecule has 37 heavy (non-hydrogen) atoms. The van der Waals surface area contributed by atoms with Crippen molar-refractivity contribution in [1.29, 1.82) is 0 Å². The summed E-state index contributed by atoms with van der Waals surface area (Å²) in [5.41, 5.74) is 2.96. The number of amides is 1. The summed E-state index contributed by atoms with van der Waals surface area (Å²) in [4.78, 5) is 13.0. The van der Waals surface area contributed by atoms with Crippen molar-refractivity contribution in [2.45, 2.75) is 18.7 Å². The molecule has 0 aliphatic rings. The minimum absolute atomic E-state index is 0.0422. The van der Waals surface area contributed by atoms with Crippen LogP contribution in [0.1, 0.15) is 11.1 Å². The Morgan fingerprint density at radius 1 is 0.919 bits per heavy atom. The zero-order valence-corrected chi connectivity index (χ0v) is 22.4. The number of carbonyl (C=O) groups excluding carboxylic acids is 1. The predicted molar refractivity (Wildman–Crippen MR) is 144 cm³/mol. The minimum atomic E-state index is -4.17. The number of benzene rings is 3. The monoisotopic (exact) mass is 538 g/mol. The molecule has 4 aromatic rings. The maximum absolute atomic E-state index is 13.8. The van der Waals surface area contributed by atoms with Crippen LogP contribution in [0.2, 0.25) is 0 Å². The molecule has 0 atom stereocenters. The number of carbonyl (C=O) groups is 1. The third-order valence-electron chi connectivity index (χ3n) is 5.42. The van der Waals surface area contributed by atoms with Crippen LogP contribution in [0.15, 0.2) is 71.6 Å². The molecule has 1 N–H and O–H groups in total. The molecule has 0 saturated carbocycles. The van der Waals surface area contributed by atoms with E-state index in [1.807, 2.05) is 50.2 Å². The lowest BCUT2D eigenvalue weighted by Gasteiger charge is -2.25. The second kappa shape index (κ2) is 11.0. The van der Waals surface area contributed by atoms with Crippen molar-refractivity contribution >= 4 is 38.1 Å². The average molecular weight is 539 g/mol. The van der Waals surface area contributed by atoms with E-state index in [1.54, 1.807) is 12.1 Å². The highest BCUT2D eigenvalue weighted by Crippen LogP contribution is 2.33. The van der Waals surface area contributed by atoms with Gasteiger partial charge in [-0.2, -0.15) is 0 Å². The summed E-state index contributed by atoms with van der Waals surface area (Å²) in [6.07, 6.45) is 0. The van der Waals surface area contributed by atoms with E-state index in [1.165, 1.54) is 43.8 Å². The summed E-state index contributed by atoms with van der Waals surface area (Å²) in [5, 5.41) is 11.8. The fourth-order valence-electron chi connectivity index (χ4n) is 3.77. The van der Waals surface area contributed by atoms with E-state index in [2.05, 4.69) is 15.5 Å². The van der Waals surface area contributed by atoms with Gasteiger partial charge in [0.15, 0.2) is 11.5 Å². The van der Waals surface area contributed by atoms with Crippen LogP contribution in [0.25, 0.3) is 10.6 Å². The van der Waals surface area contributed by atoms with E-state index in [9.17, 15) is 13.2 Å². The van der Waals surface area contributed by atoms with E-state index < -0.39 is 22.5 Å². The number of methoxy groups -OCH3 is 2. The van der Waals surface area contributed by atoms with Gasteiger partial charge in [0.05, 0.1) is 24.8 Å². The van der Waals surface area contributed by atoms with Crippen molar-refractivity contribution in [3.8, 4) is 22.1 Å². The van der Waals surface area contributed by atoms with Gasteiger partial charge in [-0.3, -0.25) is 14.4 Å². The summed E-state index contributed by atoms with van der Waals surface area (Å²) in [5.74, 6) is 0.0947. The number of aromatic nitrogens is 2. The van der Waals surface area contributed by atoms with Crippen LogP contribution in [-0.4, -0.2) is 45.3 Å². The van der Waals surface area contributed by atoms with Crippen molar-refractivity contribution in [1.82, 2.24) is 10.2 Å². The molecule has 0 aliphatic carbocycles. The summed E-state index contributed by atoms with van der Waals surface area (Å²) in [7, 11) is -1.27. The van der Waals surface area contributed by atoms with Gasteiger partial charge in [0.25, 0.3) is 10.0 Å². The number of hydrogen-bond acceptors (Lipinski definition) is 8. The minimum Gasteiger partial charge on any atom is -0.493 e. The number of ether oxygens (including phenoxy) is 2. The molecule has 0 aliphatic heterocycles. The fraction of sp³-hybridized carbons (Fsp3) is 0.192. The topological polar surface area (TPSA) is 111 Å². The Morgan fingerprint density at radius 2 is 1.59 bits per heavy atom. The van der Waals surface area contributed by atoms with Gasteiger partial charge in [0.1, 0.15) is 11.6 Å². The number of aryl methyl sites for hydroxylation is 2. The van der Waals surface area contributed by atoms with Crippen LogP contribution in [0, 0.1) is 13.8 Å². The van der Waals surface area contributed by atoms with Gasteiger partial charge >= 0.3 is 0 Å². The van der Waals surface area contributed by atoms with Crippen LogP contribution < -0.4 is 19.1 Å². The van der Waals surface area contributed by atoms with E-state index in [0.29, 0.717) is 16.4 Å². The highest BCUT2D eigenvalue weighted by Gasteiger charge is 2.29. The maximum atomic E-state index is 13.8. The first-order chi connectivity index (χ1) is 17.7. The third kappa shape index (κ3) is 5.89. The summed E-state index contributed by atoms with van der Waals surface area (Å²) >= 11 is 1.20. The molecule has 1 heterocycles. The Labute approximate surface area is 219 Å². The van der Waals surface area contributed by atoms with Crippen LogP contribution in [0.4, 0.5) is 10.8 Å². The lowest BCUT2D eigenvalue weighted by Crippen LogP contribution is -2.38. The van der Waals surface area contributed by atoms with Crippen LogP contribution in [0.3, 0.4) is 0 Å². The van der Waals surface area contributed by atoms with Gasteiger partial charge in [0.2, 0.25) is 11.0 Å². The maximum Gasteiger partial charge on any atom is 0.264 e. The number of anilines is 2. The molecule has 9 nitrogen and oxygen atoms in total. The van der Waals surface area contributed by atoms with Crippen molar-refractivity contribution < 1.29 is 22.7 Å². The van der Waals surface area contributed by atoms with Crippen LogP contribution in [0.5, 0.6) is 11.5 Å². The van der Waals surface area contributed by atoms with Gasteiger partial charge in [0, 0.05) is 11.6 Å². The molecule has 0 fully saturated rings. The molecule has 11 heteroatoms. The third-order valence-corrected chi connectivity index (χ3v) is 8.07. The molecular formula is C26H26N4O5S2. The van der Waals surface area contributed by atoms with E-state index in [-0.39, 0.29) is 15.8 Å². The first kappa shape index (κ1) is 26.1. The van der Waals surface area contributed by atoms with Gasteiger partial charge < -0.3 is 9.47 Å². The molecule has 1 amide bonds. The Bertz CT molecular complexity index is 1500. The zero-order valence-electron chi connectivity index (χ0n) is 20.8. The summed E-state index contributed by atoms with van der Waals surface area (Å²) < 4.78 is 39.3. The molecule has 0 bridgehead atoms. The average Bonchev–Trinajstić information content (AvgIpc) is 3.35. The standard InChI is InChI=1S/C26H26N4O5S2/c1-17-12-18(2)14-20(13-17)30(37(32,33)21-10-11-22(34-3)23(15-21)35-4)16-24(31)27-26-29-28-25(36-26)19-8-6-5-7-9-19/h5-15H,16H2,1-4H3,(H,27,29,31). The van der Waals surface area contributed by atoms with Gasteiger partial charge in [-0.15, -0.1) is 10.2 Å². The Kier molecular flexibility index (Phi) is 7.74. The normalized spacial score (nSPS) is 11.1. The molecule has 1 aromatic heterocycles. The highest BCUT2D eigenvalue weighted by atomic mass is 32.2. The first-order valence-corrected chi connectivity index (χ1v) is 13.5. The molecule has 3 aromatic carbocycles. The van der Waals surface area contributed by atoms with Crippen molar-refractivity contribution in [2.75, 3.05) is 30.4 Å². The van der Waals surface area contributed by atoms with Crippen LogP contribution in [-0.2, 0) is 14.8 Å². The predicted octanol–water partition coefficient (Wildman–Crippen LogP) is 4.67. The molecule has 0 spiro atoms. The Hall–Kier alpha value is -3.96. The lowest BCUT2D eigenvalue weighted by molar-refractivity contribution is -0.114. The van der Waals surface area contributed by atoms with E-state index in [0.717, 1.165) is 21.0 Å². The molecule has 192 valence electrons. The first-order valence-electron chi connectivity index (χ1n) is 11.2. The van der Waals surface area contributed by atoms with E-state index >= 15 is 0 Å². The molecule has 4 rings (SSSR count). The molecule has 0 saturated heterocycles. The van der Waals surface area contributed by atoms with Crippen molar-refractivity contribution in [3.05, 3.63) is 77.9 Å². The Morgan fingerprint density at radius 3 is 2.24 bits per heavy atom. The molecule has 0 radical (unpaired) electrons. The SMILES string of the molecule is COc1ccc(S(=O)(=O)N(CC(=O)Nc2nnc(-c3ccccc3)s2)c2cc(C)cc(C)c2)cc1OC. The van der Waals surface area contributed by atoms with Gasteiger partial charge in [-0.05, 0) is 49.2 Å². The second-order valence-corrected chi connectivity index (χ2v) is 11.0. The smallest absolute Gasteiger partial charge is 0.264 e. The van der Waals surface area contributed by atoms with E-state index in [4.69, 9.17) is 9.47 Å². The van der Waals surface area contributed by atoms with Gasteiger partial charge in [-0.25, -0.2) is 8.42 Å². The fourth-order valence-corrected chi connectivity index (χ4v) is 5.96. The molecular weight excluding hydrogens is 512 g/mol. The zero-order chi connectivity index (χ0) is 26.6. The lowest BCUT2D eigenvalue weighted by atomic mass is 10.1. The number of sulfonamides is 1. The van der Waals surface area contributed by atoms with Crippen molar-refractivity contribution in [3.63, 3.8) is 0 Å². The summed E-state index contributed by atoms with van der Waals surface area (Å²) in [6, 6.07) is 19.1. The largest absolute Gasteiger partial charge is 0.493 e. The number of nitrogens with zero attached hydrogens (tertiary/aromatic N) is 3. The Balaban J connectivity index is 1.66. The van der Waals surface area contributed by atoms with Crippen molar-refractivity contribution in [2.24, 2.45) is 0 Å². The number of rotatable bonds is 9. The highest BCUT2D eigenvalue weighted by molar-refractivity contribution is 7.92. The quantitative estimate of drug-likeness (QED) is 0.330.